The quantitative estimate of drug-likeness (QED) is 0.847. The fraction of sp³-hybridized carbons (Fsp3) is 0.357. The van der Waals surface area contributed by atoms with Crippen LogP contribution in [-0.2, 0) is 0 Å². The smallest absolute Gasteiger partial charge is 0.129 e. The van der Waals surface area contributed by atoms with Gasteiger partial charge in [0.1, 0.15) is 5.82 Å². The summed E-state index contributed by atoms with van der Waals surface area (Å²) in [5.41, 5.74) is 8.07. The van der Waals surface area contributed by atoms with E-state index in [9.17, 15) is 0 Å². The first-order valence-corrected chi connectivity index (χ1v) is 6.06. The largest absolute Gasteiger partial charge is 0.368 e. The van der Waals surface area contributed by atoms with Crippen LogP contribution in [0.3, 0.4) is 0 Å². The number of nitrogens with zero attached hydrogens (tertiary/aromatic N) is 1. The number of hydrogen-bond acceptors (Lipinski definition) is 3. The summed E-state index contributed by atoms with van der Waals surface area (Å²) < 4.78 is 0. The molecule has 0 spiro atoms. The number of fused-ring (bicyclic) bond motifs is 1. The zero-order chi connectivity index (χ0) is 12.3. The summed E-state index contributed by atoms with van der Waals surface area (Å²) in [7, 11) is 0. The average Bonchev–Trinajstić information content (AvgIpc) is 2.35. The van der Waals surface area contributed by atoms with Gasteiger partial charge in [-0.05, 0) is 31.0 Å². The van der Waals surface area contributed by atoms with Gasteiger partial charge in [-0.1, -0.05) is 25.1 Å². The van der Waals surface area contributed by atoms with Gasteiger partial charge >= 0.3 is 0 Å². The zero-order valence-electron chi connectivity index (χ0n) is 10.4. The molecule has 90 valence electrons. The van der Waals surface area contributed by atoms with Gasteiger partial charge in [-0.15, -0.1) is 0 Å². The minimum absolute atomic E-state index is 0.183. The molecule has 2 aromatic rings. The summed E-state index contributed by atoms with van der Waals surface area (Å²) in [5, 5.41) is 4.50. The topological polar surface area (TPSA) is 50.9 Å². The normalized spacial score (nSPS) is 12.6. The monoisotopic (exact) mass is 229 g/mol. The van der Waals surface area contributed by atoms with Crippen molar-refractivity contribution in [1.29, 1.82) is 0 Å². The van der Waals surface area contributed by atoms with Gasteiger partial charge in [-0.3, -0.25) is 0 Å². The van der Waals surface area contributed by atoms with Crippen molar-refractivity contribution in [1.82, 2.24) is 4.98 Å². The molecule has 1 aromatic carbocycles. The molecule has 0 saturated heterocycles. The summed E-state index contributed by atoms with van der Waals surface area (Å²) in [6.45, 7) is 4.93. The molecular formula is C14H19N3. The number of rotatable bonds is 4. The van der Waals surface area contributed by atoms with Crippen molar-refractivity contribution in [3.8, 4) is 0 Å². The van der Waals surface area contributed by atoms with E-state index in [1.165, 1.54) is 5.39 Å². The Morgan fingerprint density at radius 1 is 1.35 bits per heavy atom. The highest BCUT2D eigenvalue weighted by molar-refractivity contribution is 5.81. The standard InChI is InChI=1S/C14H19N3/c1-3-12(15)9-16-14-10(2)8-11-6-4-5-7-13(11)17-14/h4-8,12H,3,9,15H2,1-2H3,(H,16,17). The van der Waals surface area contributed by atoms with Crippen LogP contribution in [0.25, 0.3) is 10.9 Å². The van der Waals surface area contributed by atoms with Crippen LogP contribution in [0.15, 0.2) is 30.3 Å². The molecule has 0 saturated carbocycles. The maximum absolute atomic E-state index is 5.89. The predicted octanol–water partition coefficient (Wildman–Crippen LogP) is 2.69. The molecule has 1 atom stereocenters. The van der Waals surface area contributed by atoms with Crippen molar-refractivity contribution in [2.75, 3.05) is 11.9 Å². The summed E-state index contributed by atoms with van der Waals surface area (Å²) in [6, 6.07) is 10.5. The summed E-state index contributed by atoms with van der Waals surface area (Å²) >= 11 is 0. The maximum atomic E-state index is 5.89. The molecule has 1 aromatic heterocycles. The third-order valence-corrected chi connectivity index (χ3v) is 2.97. The summed E-state index contributed by atoms with van der Waals surface area (Å²) in [5.74, 6) is 0.938. The first-order valence-electron chi connectivity index (χ1n) is 6.06. The van der Waals surface area contributed by atoms with Crippen molar-refractivity contribution < 1.29 is 0 Å². The first-order chi connectivity index (χ1) is 8.20. The average molecular weight is 229 g/mol. The summed E-state index contributed by atoms with van der Waals surface area (Å²) in [4.78, 5) is 4.61. The number of para-hydroxylation sites is 1. The molecule has 3 N–H and O–H groups in total. The van der Waals surface area contributed by atoms with E-state index < -0.39 is 0 Å². The fourth-order valence-electron chi connectivity index (χ4n) is 1.77. The number of nitrogens with one attached hydrogen (secondary N) is 1. The number of benzene rings is 1. The highest BCUT2D eigenvalue weighted by Gasteiger charge is 2.04. The third-order valence-electron chi connectivity index (χ3n) is 2.97. The molecular weight excluding hydrogens is 210 g/mol. The van der Waals surface area contributed by atoms with Crippen LogP contribution in [-0.4, -0.2) is 17.6 Å². The van der Waals surface area contributed by atoms with Gasteiger partial charge in [0, 0.05) is 18.0 Å². The van der Waals surface area contributed by atoms with Crippen molar-refractivity contribution in [2.24, 2.45) is 5.73 Å². The lowest BCUT2D eigenvalue weighted by atomic mass is 10.1. The van der Waals surface area contributed by atoms with Crippen molar-refractivity contribution >= 4 is 16.7 Å². The molecule has 3 nitrogen and oxygen atoms in total. The minimum Gasteiger partial charge on any atom is -0.368 e. The van der Waals surface area contributed by atoms with Crippen LogP contribution in [0.4, 0.5) is 5.82 Å². The molecule has 0 bridgehead atoms. The van der Waals surface area contributed by atoms with Gasteiger partial charge in [0.05, 0.1) is 5.52 Å². The molecule has 0 radical (unpaired) electrons. The van der Waals surface area contributed by atoms with Crippen molar-refractivity contribution in [2.45, 2.75) is 26.3 Å². The molecule has 0 aliphatic rings. The van der Waals surface area contributed by atoms with Gasteiger partial charge in [0.25, 0.3) is 0 Å². The second kappa shape index (κ2) is 5.15. The third kappa shape index (κ3) is 2.74. The number of hydrogen-bond donors (Lipinski definition) is 2. The van der Waals surface area contributed by atoms with Gasteiger partial charge in [-0.2, -0.15) is 0 Å². The Morgan fingerprint density at radius 3 is 2.88 bits per heavy atom. The Bertz CT molecular complexity index is 508. The Labute approximate surface area is 102 Å². The highest BCUT2D eigenvalue weighted by atomic mass is 15.0. The molecule has 3 heteroatoms. The number of nitrogens with two attached hydrogens (primary N) is 1. The van der Waals surface area contributed by atoms with Gasteiger partial charge in [-0.25, -0.2) is 4.98 Å². The van der Waals surface area contributed by atoms with Crippen LogP contribution in [0.1, 0.15) is 18.9 Å². The number of aryl methyl sites for hydroxylation is 1. The molecule has 1 heterocycles. The molecule has 0 fully saturated rings. The van der Waals surface area contributed by atoms with E-state index >= 15 is 0 Å². The van der Waals surface area contributed by atoms with Crippen LogP contribution >= 0.6 is 0 Å². The molecule has 0 amide bonds. The Morgan fingerprint density at radius 2 is 2.12 bits per heavy atom. The molecule has 0 aliphatic heterocycles. The summed E-state index contributed by atoms with van der Waals surface area (Å²) in [6.07, 6.45) is 0.972. The van der Waals surface area contributed by atoms with E-state index in [0.717, 1.165) is 29.9 Å². The highest BCUT2D eigenvalue weighted by Crippen LogP contribution is 2.19. The Balaban J connectivity index is 2.25. The predicted molar refractivity (Wildman–Crippen MR) is 73.2 cm³/mol. The lowest BCUT2D eigenvalue weighted by Crippen LogP contribution is -2.28. The molecule has 1 unspecified atom stereocenters. The van der Waals surface area contributed by atoms with Crippen LogP contribution in [0, 0.1) is 6.92 Å². The van der Waals surface area contributed by atoms with Crippen molar-refractivity contribution in [3.05, 3.63) is 35.9 Å². The lowest BCUT2D eigenvalue weighted by Gasteiger charge is -2.13. The fourth-order valence-corrected chi connectivity index (χ4v) is 1.77. The van der Waals surface area contributed by atoms with Gasteiger partial charge in [0.15, 0.2) is 0 Å². The minimum atomic E-state index is 0.183. The zero-order valence-corrected chi connectivity index (χ0v) is 10.4. The Kier molecular flexibility index (Phi) is 3.59. The van der Waals surface area contributed by atoms with E-state index in [-0.39, 0.29) is 6.04 Å². The second-order valence-electron chi connectivity index (χ2n) is 4.40. The number of aromatic nitrogens is 1. The molecule has 17 heavy (non-hydrogen) atoms. The van der Waals surface area contributed by atoms with E-state index in [1.807, 2.05) is 18.2 Å². The second-order valence-corrected chi connectivity index (χ2v) is 4.40. The van der Waals surface area contributed by atoms with E-state index in [1.54, 1.807) is 0 Å². The lowest BCUT2D eigenvalue weighted by molar-refractivity contribution is 0.678. The van der Waals surface area contributed by atoms with E-state index in [2.05, 4.69) is 36.3 Å². The van der Waals surface area contributed by atoms with Crippen LogP contribution in [0.5, 0.6) is 0 Å². The van der Waals surface area contributed by atoms with Gasteiger partial charge < -0.3 is 11.1 Å². The van der Waals surface area contributed by atoms with Crippen LogP contribution in [0.2, 0.25) is 0 Å². The number of pyridine rings is 1. The first kappa shape index (κ1) is 11.9. The maximum Gasteiger partial charge on any atom is 0.129 e. The van der Waals surface area contributed by atoms with Gasteiger partial charge in [0.2, 0.25) is 0 Å². The molecule has 0 aliphatic carbocycles. The van der Waals surface area contributed by atoms with Crippen molar-refractivity contribution in [3.63, 3.8) is 0 Å². The SMILES string of the molecule is CCC(N)CNc1nc2ccccc2cc1C. The van der Waals surface area contributed by atoms with Crippen LogP contribution < -0.4 is 11.1 Å². The molecule has 2 rings (SSSR count). The number of anilines is 1. The Hall–Kier alpha value is -1.61. The van der Waals surface area contributed by atoms with E-state index in [0.29, 0.717) is 0 Å². The van der Waals surface area contributed by atoms with E-state index in [4.69, 9.17) is 5.73 Å².